The van der Waals surface area contributed by atoms with Crippen LogP contribution in [0.5, 0.6) is 0 Å². The third-order valence-corrected chi connectivity index (χ3v) is 4.78. The fourth-order valence-corrected chi connectivity index (χ4v) is 3.23. The molecular weight excluding hydrogens is 463 g/mol. The van der Waals surface area contributed by atoms with Gasteiger partial charge >= 0.3 is 0 Å². The summed E-state index contributed by atoms with van der Waals surface area (Å²) in [6.07, 6.45) is 1.86. The van der Waals surface area contributed by atoms with E-state index in [1.165, 1.54) is 5.69 Å². The molecule has 0 amide bonds. The summed E-state index contributed by atoms with van der Waals surface area (Å²) in [7, 11) is 2.11. The Morgan fingerprint density at radius 3 is 2.43 bits per heavy atom. The van der Waals surface area contributed by atoms with Gasteiger partial charge in [-0.05, 0) is 31.2 Å². The maximum atomic E-state index is 4.86. The van der Waals surface area contributed by atoms with Crippen molar-refractivity contribution < 1.29 is 0 Å². The molecule has 1 aliphatic rings. The number of pyridine rings is 1. The first-order chi connectivity index (χ1) is 13.3. The number of hydrogen-bond donors (Lipinski definition) is 1. The van der Waals surface area contributed by atoms with Gasteiger partial charge in [0.05, 0.1) is 6.54 Å². The van der Waals surface area contributed by atoms with Gasteiger partial charge in [-0.1, -0.05) is 24.3 Å². The third-order valence-electron chi connectivity index (χ3n) is 4.78. The number of guanidine groups is 1. The average Bonchev–Trinajstić information content (AvgIpc) is 2.74. The number of aromatic nitrogens is 1. The van der Waals surface area contributed by atoms with Crippen LogP contribution in [0.1, 0.15) is 6.92 Å². The van der Waals surface area contributed by atoms with Gasteiger partial charge in [-0.3, -0.25) is 4.99 Å². The summed E-state index contributed by atoms with van der Waals surface area (Å²) < 4.78 is 0. The van der Waals surface area contributed by atoms with Gasteiger partial charge in [-0.25, -0.2) is 4.98 Å². The van der Waals surface area contributed by atoms with Gasteiger partial charge in [0.15, 0.2) is 5.96 Å². The molecular formula is C21H31IN6. The van der Waals surface area contributed by atoms with Crippen molar-refractivity contribution in [2.24, 2.45) is 4.99 Å². The van der Waals surface area contributed by atoms with E-state index in [4.69, 9.17) is 4.99 Å². The second-order valence-electron chi connectivity index (χ2n) is 6.65. The maximum absolute atomic E-state index is 4.86. The van der Waals surface area contributed by atoms with Crippen molar-refractivity contribution in [3.05, 3.63) is 54.7 Å². The van der Waals surface area contributed by atoms with Crippen LogP contribution in [0.4, 0.5) is 11.5 Å². The zero-order valence-electron chi connectivity index (χ0n) is 16.8. The lowest BCUT2D eigenvalue weighted by atomic mass is 10.3. The van der Waals surface area contributed by atoms with Gasteiger partial charge in [0, 0.05) is 58.2 Å². The molecule has 0 bridgehead atoms. The number of rotatable bonds is 6. The molecule has 3 rings (SSSR count). The lowest BCUT2D eigenvalue weighted by molar-refractivity contribution is 0.371. The molecule has 2 aromatic rings. The highest BCUT2D eigenvalue weighted by Crippen LogP contribution is 2.13. The van der Waals surface area contributed by atoms with Crippen LogP contribution in [-0.4, -0.2) is 68.7 Å². The number of benzene rings is 1. The summed E-state index contributed by atoms with van der Waals surface area (Å²) in [5, 5.41) is 3.44. The molecule has 0 radical (unpaired) electrons. The molecule has 7 heteroatoms. The second kappa shape index (κ2) is 11.7. The van der Waals surface area contributed by atoms with Gasteiger partial charge in [-0.2, -0.15) is 0 Å². The van der Waals surface area contributed by atoms with Gasteiger partial charge in [0.25, 0.3) is 0 Å². The Bertz CT molecular complexity index is 701. The number of piperazine rings is 1. The molecule has 28 heavy (non-hydrogen) atoms. The van der Waals surface area contributed by atoms with E-state index >= 15 is 0 Å². The van der Waals surface area contributed by atoms with Gasteiger partial charge < -0.3 is 20.0 Å². The smallest absolute Gasteiger partial charge is 0.194 e. The molecule has 0 atom stereocenters. The minimum absolute atomic E-state index is 0. The monoisotopic (exact) mass is 494 g/mol. The molecule has 2 heterocycles. The standard InChI is InChI=1S/C21H30N6.HI/c1-3-22-21(24-13-14-25(2)19-9-5-4-6-10-19)27-17-15-26(16-18-27)20-11-7-8-12-23-20;/h4-12H,3,13-18H2,1-2H3,(H,22,24);1H. The zero-order chi connectivity index (χ0) is 18.9. The van der Waals surface area contributed by atoms with Crippen LogP contribution in [0.15, 0.2) is 59.7 Å². The Morgan fingerprint density at radius 2 is 1.79 bits per heavy atom. The Hall–Kier alpha value is -2.03. The highest BCUT2D eigenvalue weighted by atomic mass is 127. The van der Waals surface area contributed by atoms with Crippen LogP contribution in [-0.2, 0) is 0 Å². The highest BCUT2D eigenvalue weighted by Gasteiger charge is 2.20. The lowest BCUT2D eigenvalue weighted by Crippen LogP contribution is -2.52. The van der Waals surface area contributed by atoms with E-state index in [2.05, 4.69) is 69.3 Å². The minimum atomic E-state index is 0. The van der Waals surface area contributed by atoms with Crippen LogP contribution >= 0.6 is 24.0 Å². The molecule has 1 aliphatic heterocycles. The first-order valence-corrected chi connectivity index (χ1v) is 9.73. The maximum Gasteiger partial charge on any atom is 0.194 e. The van der Waals surface area contributed by atoms with E-state index in [-0.39, 0.29) is 24.0 Å². The Labute approximate surface area is 185 Å². The van der Waals surface area contributed by atoms with E-state index in [1.54, 1.807) is 0 Å². The molecule has 0 aliphatic carbocycles. The van der Waals surface area contributed by atoms with E-state index in [1.807, 2.05) is 24.4 Å². The summed E-state index contributed by atoms with van der Waals surface area (Å²) >= 11 is 0. The summed E-state index contributed by atoms with van der Waals surface area (Å²) in [4.78, 5) is 16.2. The number of anilines is 2. The summed E-state index contributed by atoms with van der Waals surface area (Å²) in [5.41, 5.74) is 1.22. The summed E-state index contributed by atoms with van der Waals surface area (Å²) in [5.74, 6) is 2.07. The van der Waals surface area contributed by atoms with E-state index in [0.29, 0.717) is 0 Å². The molecule has 1 N–H and O–H groups in total. The van der Waals surface area contributed by atoms with Crippen molar-refractivity contribution >= 4 is 41.4 Å². The number of halogens is 1. The fourth-order valence-electron chi connectivity index (χ4n) is 3.23. The van der Waals surface area contributed by atoms with Crippen molar-refractivity contribution in [2.45, 2.75) is 6.92 Å². The molecule has 1 aromatic carbocycles. The third kappa shape index (κ3) is 6.25. The van der Waals surface area contributed by atoms with Crippen LogP contribution < -0.4 is 15.1 Å². The largest absolute Gasteiger partial charge is 0.373 e. The summed E-state index contributed by atoms with van der Waals surface area (Å²) in [6.45, 7) is 8.51. The number of para-hydroxylation sites is 1. The quantitative estimate of drug-likeness (QED) is 0.380. The predicted molar refractivity (Wildman–Crippen MR) is 129 cm³/mol. The Balaban J connectivity index is 0.00000280. The highest BCUT2D eigenvalue weighted by molar-refractivity contribution is 14.0. The van der Waals surface area contributed by atoms with Crippen LogP contribution in [0.3, 0.4) is 0 Å². The predicted octanol–water partition coefficient (Wildman–Crippen LogP) is 2.92. The first kappa shape index (κ1) is 22.3. The average molecular weight is 494 g/mol. The van der Waals surface area contributed by atoms with Crippen molar-refractivity contribution in [1.29, 1.82) is 0 Å². The van der Waals surface area contributed by atoms with Crippen LogP contribution in [0.2, 0.25) is 0 Å². The number of hydrogen-bond acceptors (Lipinski definition) is 4. The van der Waals surface area contributed by atoms with E-state index < -0.39 is 0 Å². The molecule has 0 unspecified atom stereocenters. The van der Waals surface area contributed by atoms with Crippen molar-refractivity contribution in [3.8, 4) is 0 Å². The van der Waals surface area contributed by atoms with Crippen molar-refractivity contribution in [3.63, 3.8) is 0 Å². The van der Waals surface area contributed by atoms with Crippen LogP contribution in [0, 0.1) is 0 Å². The molecule has 152 valence electrons. The molecule has 6 nitrogen and oxygen atoms in total. The van der Waals surface area contributed by atoms with E-state index in [0.717, 1.165) is 57.6 Å². The van der Waals surface area contributed by atoms with Crippen LogP contribution in [0.25, 0.3) is 0 Å². The zero-order valence-corrected chi connectivity index (χ0v) is 19.1. The van der Waals surface area contributed by atoms with Crippen molar-refractivity contribution in [2.75, 3.05) is 62.7 Å². The number of nitrogens with one attached hydrogen (secondary N) is 1. The molecule has 1 saturated heterocycles. The molecule has 0 saturated carbocycles. The minimum Gasteiger partial charge on any atom is -0.373 e. The van der Waals surface area contributed by atoms with Gasteiger partial charge in [-0.15, -0.1) is 24.0 Å². The van der Waals surface area contributed by atoms with Crippen molar-refractivity contribution in [1.82, 2.24) is 15.2 Å². The van der Waals surface area contributed by atoms with Gasteiger partial charge in [0.1, 0.15) is 5.82 Å². The fraction of sp³-hybridized carbons (Fsp3) is 0.429. The van der Waals surface area contributed by atoms with Gasteiger partial charge in [0.2, 0.25) is 0 Å². The number of aliphatic imine (C=N–C) groups is 1. The molecule has 1 aromatic heterocycles. The Kier molecular flexibility index (Phi) is 9.33. The normalized spacial score (nSPS) is 14.4. The lowest BCUT2D eigenvalue weighted by Gasteiger charge is -2.37. The number of likely N-dealkylation sites (N-methyl/N-ethyl adjacent to an activating group) is 1. The molecule has 1 fully saturated rings. The topological polar surface area (TPSA) is 47.0 Å². The second-order valence-corrected chi connectivity index (χ2v) is 6.65. The molecule has 0 spiro atoms. The first-order valence-electron chi connectivity index (χ1n) is 9.73. The number of nitrogens with zero attached hydrogens (tertiary/aromatic N) is 5. The summed E-state index contributed by atoms with van der Waals surface area (Å²) in [6, 6.07) is 16.5. The van der Waals surface area contributed by atoms with E-state index in [9.17, 15) is 0 Å². The Morgan fingerprint density at radius 1 is 1.07 bits per heavy atom. The SMILES string of the molecule is CCNC(=NCCN(C)c1ccccc1)N1CCN(c2ccccn2)CC1.I.